The molecule has 6 saturated carbocycles. The number of hydrogen-bond acceptors (Lipinski definition) is 0. The van der Waals surface area contributed by atoms with Gasteiger partial charge in [-0.2, -0.15) is 0 Å². The number of allylic oxidation sites excluding steroid dienone is 2. The Balaban J connectivity index is 1.65. The van der Waals surface area contributed by atoms with Gasteiger partial charge in [0.2, 0.25) is 0 Å². The van der Waals surface area contributed by atoms with Crippen molar-refractivity contribution in [2.45, 2.75) is 240 Å². The third-order valence-corrected chi connectivity index (χ3v) is 62.3. The Hall–Kier alpha value is 1.09. The van der Waals surface area contributed by atoms with Gasteiger partial charge in [-0.1, -0.05) is 0 Å². The Bertz CT molecular complexity index is 757. The minimum atomic E-state index is -1.57. The Kier molecular flexibility index (Phi) is 13.6. The standard InChI is InChI=1S/2C18H33P.C5H8.Ru/c2*1-4-10-16(11-5-1)19(17-12-6-2-7-13-17)18-14-8-3-9-15-18;1-4-5(2)3;/h2*16-18H,1-15H2;1,4H,2-3H3;/q;;;-2/p+2. The summed E-state index contributed by atoms with van der Waals surface area (Å²) in [5.41, 5.74) is 5.88. The van der Waals surface area contributed by atoms with Crippen LogP contribution in [0.3, 0.4) is 0 Å². The summed E-state index contributed by atoms with van der Waals surface area (Å²) >= 11 is -1.23. The molecule has 258 valence electrons. The summed E-state index contributed by atoms with van der Waals surface area (Å²) in [4.78, 5) is 0. The van der Waals surface area contributed by atoms with E-state index < -0.39 is 25.7 Å². The Labute approximate surface area is 281 Å². The summed E-state index contributed by atoms with van der Waals surface area (Å²) in [6, 6.07) is 0. The molecule has 3 heteroatoms. The first-order valence-corrected chi connectivity index (χ1v) is 31.2. The summed E-state index contributed by atoms with van der Waals surface area (Å²) in [5.74, 6) is 0. The molecule has 0 aromatic heterocycles. The van der Waals surface area contributed by atoms with E-state index >= 15 is 0 Å². The van der Waals surface area contributed by atoms with E-state index in [1.54, 1.807) is 198 Å². The van der Waals surface area contributed by atoms with Crippen molar-refractivity contribution in [2.75, 3.05) is 0 Å². The second-order valence-corrected chi connectivity index (χ2v) is 43.0. The van der Waals surface area contributed by atoms with Gasteiger partial charge in [-0.3, -0.25) is 0 Å². The molecule has 0 amide bonds. The third-order valence-electron chi connectivity index (χ3n) is 14.5. The molecule has 0 atom stereocenters. The van der Waals surface area contributed by atoms with Gasteiger partial charge in [0.15, 0.2) is 0 Å². The molecule has 0 radical (unpaired) electrons. The van der Waals surface area contributed by atoms with E-state index in [0.29, 0.717) is 0 Å². The molecule has 6 aliphatic carbocycles. The van der Waals surface area contributed by atoms with Crippen LogP contribution in [-0.4, -0.2) is 38.6 Å². The fourth-order valence-electron chi connectivity index (χ4n) is 12.8. The monoisotopic (exact) mass is 732 g/mol. The predicted molar refractivity (Wildman–Crippen MR) is 203 cm³/mol. The molecule has 6 fully saturated rings. The first kappa shape index (κ1) is 34.9. The molecule has 0 bridgehead atoms. The van der Waals surface area contributed by atoms with Crippen LogP contribution in [0, 0.1) is 0 Å². The van der Waals surface area contributed by atoms with Crippen molar-refractivity contribution in [2.24, 2.45) is 0 Å². The molecule has 0 unspecified atom stereocenters. The van der Waals surface area contributed by atoms with E-state index in [1.807, 2.05) is 0 Å². The van der Waals surface area contributed by atoms with Gasteiger partial charge >= 0.3 is 282 Å². The molecule has 0 aliphatic heterocycles. The van der Waals surface area contributed by atoms with Crippen molar-refractivity contribution in [3.8, 4) is 0 Å². The SMILES string of the molecule is CC(C)=C[CH]=[Ru]([PH](C1CCCCC1)(C1CCCCC1)C1CCCCC1)[PH](C1CCCCC1)(C1CCCCC1)C1CCCCC1. The van der Waals surface area contributed by atoms with Crippen LogP contribution >= 0.6 is 11.2 Å². The van der Waals surface area contributed by atoms with Gasteiger partial charge in [0.1, 0.15) is 0 Å². The molecule has 0 spiro atoms. The predicted octanol–water partition coefficient (Wildman–Crippen LogP) is 13.7. The zero-order valence-electron chi connectivity index (χ0n) is 29.7. The van der Waals surface area contributed by atoms with Crippen LogP contribution in [0.4, 0.5) is 0 Å². The molecule has 0 heterocycles. The topological polar surface area (TPSA) is 0 Å². The molecular formula is C41H76P2Ru. The van der Waals surface area contributed by atoms with E-state index in [4.69, 9.17) is 0 Å². The van der Waals surface area contributed by atoms with Crippen molar-refractivity contribution in [3.63, 3.8) is 0 Å². The van der Waals surface area contributed by atoms with Crippen molar-refractivity contribution in [3.05, 3.63) is 11.6 Å². The van der Waals surface area contributed by atoms with Crippen molar-refractivity contribution in [1.29, 1.82) is 0 Å². The molecule has 0 saturated heterocycles. The van der Waals surface area contributed by atoms with Crippen molar-refractivity contribution >= 4 is 15.8 Å². The molecule has 0 nitrogen and oxygen atoms in total. The summed E-state index contributed by atoms with van der Waals surface area (Å²) in [6.07, 6.45) is 51.8. The van der Waals surface area contributed by atoms with Gasteiger partial charge in [-0.25, -0.2) is 0 Å². The van der Waals surface area contributed by atoms with Crippen LogP contribution in [-0.2, 0) is 14.5 Å². The van der Waals surface area contributed by atoms with E-state index in [1.165, 1.54) is 34.0 Å². The maximum atomic E-state index is 3.36. The average molecular weight is 732 g/mol. The fourth-order valence-corrected chi connectivity index (χ4v) is 83.3. The van der Waals surface area contributed by atoms with Crippen LogP contribution in [0.5, 0.6) is 0 Å². The molecule has 0 aromatic carbocycles. The molecule has 0 aromatic rings. The van der Waals surface area contributed by atoms with Crippen LogP contribution in [0.1, 0.15) is 206 Å². The fraction of sp³-hybridized carbons (Fsp3) is 0.927. The van der Waals surface area contributed by atoms with Crippen LogP contribution in [0.2, 0.25) is 0 Å². The normalized spacial score (nSPS) is 28.4. The summed E-state index contributed by atoms with van der Waals surface area (Å²) < 4.78 is 3.36. The van der Waals surface area contributed by atoms with Crippen LogP contribution in [0.15, 0.2) is 11.6 Å². The minimum absolute atomic E-state index is 1.23. The number of rotatable bonds is 9. The van der Waals surface area contributed by atoms with E-state index in [-0.39, 0.29) is 0 Å². The van der Waals surface area contributed by atoms with Gasteiger partial charge in [-0.15, -0.1) is 0 Å². The van der Waals surface area contributed by atoms with E-state index in [0.717, 1.165) is 0 Å². The molecule has 0 N–H and O–H groups in total. The van der Waals surface area contributed by atoms with Crippen molar-refractivity contribution < 1.29 is 14.5 Å². The van der Waals surface area contributed by atoms with E-state index in [9.17, 15) is 0 Å². The van der Waals surface area contributed by atoms with E-state index in [2.05, 4.69) is 24.5 Å². The quantitative estimate of drug-likeness (QED) is 0.164. The van der Waals surface area contributed by atoms with Gasteiger partial charge in [0, 0.05) is 0 Å². The zero-order chi connectivity index (χ0) is 30.2. The molecule has 6 aliphatic rings. The van der Waals surface area contributed by atoms with Crippen LogP contribution in [0.25, 0.3) is 0 Å². The maximum absolute atomic E-state index is 3.36. The van der Waals surface area contributed by atoms with Gasteiger partial charge in [-0.05, 0) is 0 Å². The van der Waals surface area contributed by atoms with Gasteiger partial charge in [0.05, 0.1) is 0 Å². The second kappa shape index (κ2) is 17.2. The molecule has 44 heavy (non-hydrogen) atoms. The summed E-state index contributed by atoms with van der Waals surface area (Å²) in [7, 11) is 0. The first-order valence-electron chi connectivity index (χ1n) is 20.8. The number of hydrogen-bond donors (Lipinski definition) is 0. The Morgan fingerprint density at radius 2 is 0.568 bits per heavy atom. The zero-order valence-corrected chi connectivity index (χ0v) is 33.4. The van der Waals surface area contributed by atoms with Crippen LogP contribution < -0.4 is 0 Å². The summed E-state index contributed by atoms with van der Waals surface area (Å²) in [5, 5.41) is 0. The van der Waals surface area contributed by atoms with Gasteiger partial charge in [0.25, 0.3) is 0 Å². The molecular weight excluding hydrogens is 655 g/mol. The van der Waals surface area contributed by atoms with Gasteiger partial charge < -0.3 is 0 Å². The Morgan fingerprint density at radius 3 is 0.750 bits per heavy atom. The summed E-state index contributed by atoms with van der Waals surface area (Å²) in [6.45, 7) is 4.97. The first-order chi connectivity index (χ1) is 21.7. The van der Waals surface area contributed by atoms with Crippen molar-refractivity contribution in [1.82, 2.24) is 0 Å². The Morgan fingerprint density at radius 1 is 0.364 bits per heavy atom. The second-order valence-electron chi connectivity index (χ2n) is 17.3. The third kappa shape index (κ3) is 7.33. The average Bonchev–Trinajstić information content (AvgIpc) is 3.10. The molecule has 6 rings (SSSR count).